The van der Waals surface area contributed by atoms with Gasteiger partial charge in [-0.15, -0.1) is 5.11 Å². The first-order valence-corrected chi connectivity index (χ1v) is 6.44. The Hall–Kier alpha value is -2.20. The first kappa shape index (κ1) is 14.2. The highest BCUT2D eigenvalue weighted by Gasteiger charge is 2.10. The zero-order chi connectivity index (χ0) is 14.5. The van der Waals surface area contributed by atoms with Crippen molar-refractivity contribution < 1.29 is 4.79 Å². The molecule has 0 saturated carbocycles. The van der Waals surface area contributed by atoms with Gasteiger partial charge < -0.3 is 4.90 Å². The minimum atomic E-state index is -0.544. The standard InChI is InChI=1S/C15H14ClN3O/c1-19(2)12-8-9-13(15(16)20)14(10-12)18-17-11-6-4-3-5-7-11/h3-10H,1-2H3. The summed E-state index contributed by atoms with van der Waals surface area (Å²) in [5, 5.41) is 7.71. The molecule has 0 saturated heterocycles. The molecule has 0 radical (unpaired) electrons. The SMILES string of the molecule is CN(C)c1ccc(C(=O)Cl)c(N=Nc2ccccc2)c1. The lowest BCUT2D eigenvalue weighted by Gasteiger charge is -2.13. The van der Waals surface area contributed by atoms with Crippen molar-refractivity contribution in [2.45, 2.75) is 0 Å². The van der Waals surface area contributed by atoms with Gasteiger partial charge in [-0.25, -0.2) is 0 Å². The van der Waals surface area contributed by atoms with Gasteiger partial charge in [-0.2, -0.15) is 5.11 Å². The van der Waals surface area contributed by atoms with Crippen LogP contribution in [0.1, 0.15) is 10.4 Å². The van der Waals surface area contributed by atoms with E-state index in [9.17, 15) is 4.79 Å². The summed E-state index contributed by atoms with van der Waals surface area (Å²) in [4.78, 5) is 13.3. The van der Waals surface area contributed by atoms with Crippen LogP contribution in [0.2, 0.25) is 0 Å². The van der Waals surface area contributed by atoms with Crippen LogP contribution in [0.5, 0.6) is 0 Å². The van der Waals surface area contributed by atoms with E-state index < -0.39 is 5.24 Å². The van der Waals surface area contributed by atoms with Crippen molar-refractivity contribution in [3.63, 3.8) is 0 Å². The van der Waals surface area contributed by atoms with Crippen LogP contribution in [0.25, 0.3) is 0 Å². The molecule has 0 fully saturated rings. The van der Waals surface area contributed by atoms with Crippen molar-refractivity contribution in [2.75, 3.05) is 19.0 Å². The lowest BCUT2D eigenvalue weighted by molar-refractivity contribution is 0.108. The molecule has 2 aromatic carbocycles. The van der Waals surface area contributed by atoms with Gasteiger partial charge in [0, 0.05) is 19.8 Å². The number of halogens is 1. The third-order valence-electron chi connectivity index (χ3n) is 2.74. The summed E-state index contributed by atoms with van der Waals surface area (Å²) < 4.78 is 0. The van der Waals surface area contributed by atoms with E-state index >= 15 is 0 Å². The first-order valence-electron chi connectivity index (χ1n) is 6.06. The number of hydrogen-bond donors (Lipinski definition) is 0. The molecule has 0 amide bonds. The molecule has 0 aliphatic rings. The Bertz CT molecular complexity index is 639. The molecule has 0 aliphatic carbocycles. The molecule has 0 aliphatic heterocycles. The van der Waals surface area contributed by atoms with Crippen LogP contribution in [0.4, 0.5) is 17.1 Å². The fraction of sp³-hybridized carbons (Fsp3) is 0.133. The van der Waals surface area contributed by atoms with Crippen LogP contribution in [0.3, 0.4) is 0 Å². The summed E-state index contributed by atoms with van der Waals surface area (Å²) in [5.41, 5.74) is 2.45. The monoisotopic (exact) mass is 287 g/mol. The van der Waals surface area contributed by atoms with Gasteiger partial charge in [-0.1, -0.05) is 18.2 Å². The van der Waals surface area contributed by atoms with Crippen molar-refractivity contribution in [1.82, 2.24) is 0 Å². The number of carbonyl (C=O) groups is 1. The minimum absolute atomic E-state index is 0.344. The zero-order valence-corrected chi connectivity index (χ0v) is 12.0. The number of azo groups is 1. The second kappa shape index (κ2) is 6.30. The van der Waals surface area contributed by atoms with Gasteiger partial charge in [0.2, 0.25) is 0 Å². The predicted molar refractivity (Wildman–Crippen MR) is 81.6 cm³/mol. The molecule has 2 rings (SSSR count). The third-order valence-corrected chi connectivity index (χ3v) is 2.94. The van der Waals surface area contributed by atoms with E-state index in [-0.39, 0.29) is 0 Å². The maximum absolute atomic E-state index is 11.4. The summed E-state index contributed by atoms with van der Waals surface area (Å²) in [7, 11) is 3.82. The van der Waals surface area contributed by atoms with Gasteiger partial charge in [-0.3, -0.25) is 4.79 Å². The van der Waals surface area contributed by atoms with Gasteiger partial charge in [0.15, 0.2) is 0 Å². The van der Waals surface area contributed by atoms with Gasteiger partial charge >= 0.3 is 0 Å². The van der Waals surface area contributed by atoms with E-state index in [1.54, 1.807) is 12.1 Å². The Labute approximate surface area is 122 Å². The number of carbonyl (C=O) groups excluding carboxylic acids is 1. The predicted octanol–water partition coefficient (Wildman–Crippen LogP) is 4.55. The number of hydrogen-bond acceptors (Lipinski definition) is 4. The Kier molecular flexibility index (Phi) is 4.48. The highest BCUT2D eigenvalue weighted by molar-refractivity contribution is 6.68. The van der Waals surface area contributed by atoms with Crippen LogP contribution < -0.4 is 4.90 Å². The van der Waals surface area contributed by atoms with E-state index in [2.05, 4.69) is 10.2 Å². The molecule has 0 N–H and O–H groups in total. The fourth-order valence-electron chi connectivity index (χ4n) is 1.65. The molecule has 5 heteroatoms. The summed E-state index contributed by atoms with van der Waals surface area (Å²) in [6.07, 6.45) is 0. The minimum Gasteiger partial charge on any atom is -0.378 e. The molecule has 0 atom stereocenters. The number of benzene rings is 2. The first-order chi connectivity index (χ1) is 9.58. The average molecular weight is 288 g/mol. The fourth-order valence-corrected chi connectivity index (χ4v) is 1.81. The van der Waals surface area contributed by atoms with Crippen molar-refractivity contribution in [2.24, 2.45) is 10.2 Å². The Morgan fingerprint density at radius 2 is 1.75 bits per heavy atom. The molecular weight excluding hydrogens is 274 g/mol. The quantitative estimate of drug-likeness (QED) is 0.612. The van der Waals surface area contributed by atoms with Gasteiger partial charge in [0.25, 0.3) is 5.24 Å². The number of rotatable bonds is 4. The Morgan fingerprint density at radius 1 is 1.05 bits per heavy atom. The molecule has 102 valence electrons. The van der Waals surface area contributed by atoms with E-state index in [0.29, 0.717) is 11.3 Å². The Morgan fingerprint density at radius 3 is 2.35 bits per heavy atom. The number of anilines is 1. The molecule has 20 heavy (non-hydrogen) atoms. The molecule has 4 nitrogen and oxygen atoms in total. The molecule has 0 heterocycles. The smallest absolute Gasteiger partial charge is 0.254 e. The Balaban J connectivity index is 2.40. The lowest BCUT2D eigenvalue weighted by Crippen LogP contribution is -2.08. The third kappa shape index (κ3) is 3.42. The average Bonchev–Trinajstić information content (AvgIpc) is 2.45. The summed E-state index contributed by atoms with van der Waals surface area (Å²) in [6, 6.07) is 14.6. The molecule has 0 bridgehead atoms. The zero-order valence-electron chi connectivity index (χ0n) is 11.2. The van der Waals surface area contributed by atoms with Crippen molar-refractivity contribution >= 4 is 33.9 Å². The maximum atomic E-state index is 11.4. The summed E-state index contributed by atoms with van der Waals surface area (Å²) in [5.74, 6) is 0. The second-order valence-electron chi connectivity index (χ2n) is 4.41. The normalized spacial score (nSPS) is 10.8. The molecule has 0 unspecified atom stereocenters. The summed E-state index contributed by atoms with van der Waals surface area (Å²) >= 11 is 5.57. The second-order valence-corrected chi connectivity index (χ2v) is 4.75. The van der Waals surface area contributed by atoms with Crippen molar-refractivity contribution in [1.29, 1.82) is 0 Å². The van der Waals surface area contributed by atoms with Crippen LogP contribution in [-0.4, -0.2) is 19.3 Å². The van der Waals surface area contributed by atoms with Crippen LogP contribution in [0.15, 0.2) is 58.8 Å². The van der Waals surface area contributed by atoms with E-state index in [0.717, 1.165) is 11.4 Å². The van der Waals surface area contributed by atoms with Crippen LogP contribution in [-0.2, 0) is 0 Å². The molecule has 0 spiro atoms. The lowest BCUT2D eigenvalue weighted by atomic mass is 10.1. The highest BCUT2D eigenvalue weighted by atomic mass is 35.5. The molecular formula is C15H14ClN3O. The van der Waals surface area contributed by atoms with Gasteiger partial charge in [-0.05, 0) is 41.9 Å². The summed E-state index contributed by atoms with van der Waals surface area (Å²) in [6.45, 7) is 0. The molecule has 2 aromatic rings. The molecule has 0 aromatic heterocycles. The van der Waals surface area contributed by atoms with Gasteiger partial charge in [0.05, 0.1) is 16.9 Å². The van der Waals surface area contributed by atoms with E-state index in [4.69, 9.17) is 11.6 Å². The van der Waals surface area contributed by atoms with E-state index in [1.165, 1.54) is 0 Å². The highest BCUT2D eigenvalue weighted by Crippen LogP contribution is 2.28. The van der Waals surface area contributed by atoms with Crippen molar-refractivity contribution in [3.8, 4) is 0 Å². The maximum Gasteiger partial charge on any atom is 0.254 e. The topological polar surface area (TPSA) is 45.0 Å². The van der Waals surface area contributed by atoms with Crippen molar-refractivity contribution in [3.05, 3.63) is 54.1 Å². The van der Waals surface area contributed by atoms with Crippen LogP contribution >= 0.6 is 11.6 Å². The van der Waals surface area contributed by atoms with Gasteiger partial charge in [0.1, 0.15) is 0 Å². The van der Waals surface area contributed by atoms with E-state index in [1.807, 2.05) is 55.4 Å². The largest absolute Gasteiger partial charge is 0.378 e. The van der Waals surface area contributed by atoms with Crippen LogP contribution in [0, 0.1) is 0 Å². The number of nitrogens with zero attached hydrogens (tertiary/aromatic N) is 3.